The van der Waals surface area contributed by atoms with Crippen LogP contribution in [0.3, 0.4) is 0 Å². The average Bonchev–Trinajstić information content (AvgIpc) is 1.58. The van der Waals surface area contributed by atoms with Gasteiger partial charge in [0.15, 0.2) is 17.5 Å². The van der Waals surface area contributed by atoms with Crippen molar-refractivity contribution < 1.29 is 0 Å². The van der Waals surface area contributed by atoms with E-state index >= 15 is 0 Å². The molecule has 0 N–H and O–H groups in total. The first-order valence-electron chi connectivity index (χ1n) is 37.6. The summed E-state index contributed by atoms with van der Waals surface area (Å²) in [6.45, 7) is 0. The summed E-state index contributed by atoms with van der Waals surface area (Å²) in [5.41, 5.74) is 15.1. The van der Waals surface area contributed by atoms with Crippen molar-refractivity contribution >= 4 is 177 Å². The lowest BCUT2D eigenvalue weighted by molar-refractivity contribution is 1.07. The fourth-order valence-corrected chi connectivity index (χ4v) is 19.7. The lowest BCUT2D eigenvalue weighted by Gasteiger charge is -2.11. The fourth-order valence-electron chi connectivity index (χ4n) is 17.6. The van der Waals surface area contributed by atoms with E-state index in [1.807, 2.05) is 224 Å². The highest BCUT2D eigenvalue weighted by atomic mass is 32.1. The van der Waals surface area contributed by atoms with Crippen LogP contribution in [0.4, 0.5) is 0 Å². The minimum atomic E-state index is -0.00469. The van der Waals surface area contributed by atoms with Crippen LogP contribution in [-0.4, -0.2) is 33.1 Å². The molecule has 0 spiro atoms. The lowest BCUT2D eigenvalue weighted by atomic mass is 9.96. The number of nitrogens with zero attached hydrogens (tertiary/aromatic N) is 7. The van der Waals surface area contributed by atoms with Gasteiger partial charge in [-0.05, 0) is 166 Å². The molecule has 0 aliphatic carbocycles. The molecule has 15 aromatic carbocycles. The number of hydrogen-bond acceptors (Lipinski definition) is 9. The molecular formula is C101H57N7O3S2. The molecule has 10 aromatic heterocycles. The molecule has 25 aromatic rings. The Morgan fingerprint density at radius 2 is 0.513 bits per heavy atom. The Morgan fingerprint density at radius 1 is 0.204 bits per heavy atom. The maximum Gasteiger partial charge on any atom is 0.263 e. The molecule has 0 amide bonds. The first-order chi connectivity index (χ1) is 55.8. The van der Waals surface area contributed by atoms with Gasteiger partial charge >= 0.3 is 0 Å². The van der Waals surface area contributed by atoms with Gasteiger partial charge in [0.2, 0.25) is 0 Å². The summed E-state index contributed by atoms with van der Waals surface area (Å²) in [6, 6.07) is 116. The molecule has 0 saturated heterocycles. The Balaban J connectivity index is 0.000000104. The molecule has 0 fully saturated rings. The van der Waals surface area contributed by atoms with E-state index in [9.17, 15) is 14.4 Å². The number of hydrogen-bond donors (Lipinski definition) is 0. The van der Waals surface area contributed by atoms with E-state index in [1.165, 1.54) is 51.5 Å². The molecule has 0 radical (unpaired) electrons. The average molecular weight is 1480 g/mol. The van der Waals surface area contributed by atoms with Crippen molar-refractivity contribution in [2.24, 2.45) is 0 Å². The third-order valence-corrected chi connectivity index (χ3v) is 25.0. The van der Waals surface area contributed by atoms with Crippen LogP contribution in [0.25, 0.3) is 222 Å². The summed E-state index contributed by atoms with van der Waals surface area (Å²) in [5.74, 6) is 1.82. The van der Waals surface area contributed by atoms with Crippen LogP contribution in [0.2, 0.25) is 0 Å². The van der Waals surface area contributed by atoms with Gasteiger partial charge in [-0.1, -0.05) is 212 Å². The van der Waals surface area contributed by atoms with Crippen LogP contribution in [0.5, 0.6) is 0 Å². The van der Waals surface area contributed by atoms with Gasteiger partial charge < -0.3 is 0 Å². The summed E-state index contributed by atoms with van der Waals surface area (Å²) in [6.07, 6.45) is 1.81. The van der Waals surface area contributed by atoms with Crippen molar-refractivity contribution in [2.45, 2.75) is 0 Å². The van der Waals surface area contributed by atoms with Gasteiger partial charge in [0.1, 0.15) is 0 Å². The smallest absolute Gasteiger partial charge is 0.263 e. The van der Waals surface area contributed by atoms with Crippen LogP contribution in [0.1, 0.15) is 0 Å². The Morgan fingerprint density at radius 3 is 0.965 bits per heavy atom. The highest BCUT2D eigenvalue weighted by Gasteiger charge is 2.25. The Hall–Kier alpha value is -14.7. The van der Waals surface area contributed by atoms with Gasteiger partial charge in [-0.15, -0.1) is 22.7 Å². The maximum absolute atomic E-state index is 14.1. The highest BCUT2D eigenvalue weighted by molar-refractivity contribution is 7.26. The van der Waals surface area contributed by atoms with Gasteiger partial charge in [0.05, 0.1) is 38.8 Å². The molecule has 10 heterocycles. The van der Waals surface area contributed by atoms with Crippen molar-refractivity contribution in [1.29, 1.82) is 0 Å². The van der Waals surface area contributed by atoms with Crippen molar-refractivity contribution in [3.05, 3.63) is 377 Å². The van der Waals surface area contributed by atoms with Crippen LogP contribution in [-0.2, 0) is 0 Å². The zero-order valence-electron chi connectivity index (χ0n) is 60.1. The molecule has 0 aliphatic heterocycles. The zero-order chi connectivity index (χ0) is 74.7. The van der Waals surface area contributed by atoms with Gasteiger partial charge in [0.25, 0.3) is 16.7 Å². The molecule has 10 nitrogen and oxygen atoms in total. The van der Waals surface area contributed by atoms with Crippen molar-refractivity contribution in [1.82, 2.24) is 33.1 Å². The number of rotatable bonds is 6. The third kappa shape index (κ3) is 10.0. The Kier molecular flexibility index (Phi) is 14.3. The molecule has 12 heteroatoms. The summed E-state index contributed by atoms with van der Waals surface area (Å²) < 4.78 is 10.9. The fraction of sp³-hybridized carbons (Fsp3) is 0. The number of fused-ring (bicyclic) bond motifs is 21. The van der Waals surface area contributed by atoms with E-state index in [0.29, 0.717) is 22.9 Å². The predicted octanol–water partition coefficient (Wildman–Crippen LogP) is 24.9. The second-order valence-corrected chi connectivity index (χ2v) is 31.1. The van der Waals surface area contributed by atoms with Crippen molar-refractivity contribution in [2.75, 3.05) is 0 Å². The molecule has 0 saturated carbocycles. The molecule has 0 bridgehead atoms. The number of benzene rings is 15. The first-order valence-corrected chi connectivity index (χ1v) is 39.2. The number of pyridine rings is 4. The molecule has 25 rings (SSSR count). The SMILES string of the molecule is O=c1c2ccccc2c2cc(-c3ccc4sc5ccccc5c4c3)cc3c4cc(-c5ccc6sc7ccccc7c6c5)ccc4n1c23.O=c1c2ccccc2c2cc(-c3ccccn3)cc3c4ccccc4n1c23.O=c1c2ccccc2c2cc(-c3nc(-c4ccccc4)nc(-c4ccccc4)n3)cc3c4ccccc4n1c23. The summed E-state index contributed by atoms with van der Waals surface area (Å²) in [5, 5.41) is 19.8. The van der Waals surface area contributed by atoms with Gasteiger partial charge in [-0.25, -0.2) is 15.0 Å². The topological polar surface area (TPSA) is 116 Å². The quantitative estimate of drug-likeness (QED) is 0.152. The monoisotopic (exact) mass is 1480 g/mol. The van der Waals surface area contributed by atoms with E-state index in [4.69, 9.17) is 15.0 Å². The second kappa shape index (κ2) is 25.2. The van der Waals surface area contributed by atoms with Crippen molar-refractivity contribution in [3.63, 3.8) is 0 Å². The van der Waals surface area contributed by atoms with E-state index in [1.54, 1.807) is 0 Å². The lowest BCUT2D eigenvalue weighted by Crippen LogP contribution is -2.12. The summed E-state index contributed by atoms with van der Waals surface area (Å²) in [7, 11) is 0. The molecule has 526 valence electrons. The standard InChI is InChI=1S/C43H23NOS2.C34H20N4O.C24H14N2O/c45-43-31-10-2-1-7-28(31)35-22-27(26-15-18-41-34(21-26)30-9-4-6-12-39(30)47-41)23-36-32-19-24(13-16-37(32)44(43)42(35)36)25-14-17-40-33(20-25)29-8-3-5-11-38(29)46-40;39-34-26-17-8-7-15-24(26)27-19-23(20-28-25-16-9-10-18-29(25)38(34)30(27)28)33-36-31(21-11-3-1-4-12-21)35-32(37-33)22-13-5-2-6-14-22;27-24-18-9-2-1-7-16(18)19-13-15(21-10-5-6-12-25-21)14-20-17-8-3-4-11-22(17)26(24)23(19)20/h1-23H;1-20H;1-14H. The van der Waals surface area contributed by atoms with E-state index < -0.39 is 0 Å². The van der Waals surface area contributed by atoms with Gasteiger partial charge in [0, 0.05) is 133 Å². The highest BCUT2D eigenvalue weighted by Crippen LogP contribution is 2.45. The minimum absolute atomic E-state index is 0.00469. The van der Waals surface area contributed by atoms with Crippen molar-refractivity contribution in [3.8, 4) is 67.7 Å². The normalized spacial score (nSPS) is 12.0. The van der Waals surface area contributed by atoms with Gasteiger partial charge in [-0.2, -0.15) is 0 Å². The predicted molar refractivity (Wildman–Crippen MR) is 472 cm³/mol. The largest absolute Gasteiger partial charge is 0.275 e. The van der Waals surface area contributed by atoms with Gasteiger partial charge in [-0.3, -0.25) is 32.6 Å². The minimum Gasteiger partial charge on any atom is -0.275 e. The summed E-state index contributed by atoms with van der Waals surface area (Å²) >= 11 is 3.68. The van der Waals surface area contributed by atoms with Crippen LogP contribution < -0.4 is 16.7 Å². The Bertz CT molecular complexity index is 8410. The Labute approximate surface area is 650 Å². The number of thiophene rings is 2. The van der Waals surface area contributed by atoms with E-state index in [-0.39, 0.29) is 16.7 Å². The zero-order valence-corrected chi connectivity index (χ0v) is 61.7. The molecular weight excluding hydrogens is 1420 g/mol. The molecule has 0 aliphatic rings. The second-order valence-electron chi connectivity index (χ2n) is 29.0. The van der Waals surface area contributed by atoms with E-state index in [2.05, 4.69) is 163 Å². The van der Waals surface area contributed by atoms with Crippen LogP contribution >= 0.6 is 22.7 Å². The molecule has 0 unspecified atom stereocenters. The molecule has 0 atom stereocenters. The molecule has 113 heavy (non-hydrogen) atoms. The first kappa shape index (κ1) is 64.3. The maximum atomic E-state index is 14.1. The summed E-state index contributed by atoms with van der Waals surface area (Å²) in [4.78, 5) is 60.4. The van der Waals surface area contributed by atoms with E-state index in [0.717, 1.165) is 148 Å². The number of para-hydroxylation sites is 2. The number of aromatic nitrogens is 7. The third-order valence-electron chi connectivity index (χ3n) is 22.7. The van der Waals surface area contributed by atoms with Crippen LogP contribution in [0.15, 0.2) is 360 Å². The van der Waals surface area contributed by atoms with Crippen LogP contribution in [0, 0.1) is 0 Å².